The van der Waals surface area contributed by atoms with Gasteiger partial charge in [-0.05, 0) is 13.8 Å². The van der Waals surface area contributed by atoms with Gasteiger partial charge in [-0.15, -0.1) is 0 Å². The van der Waals surface area contributed by atoms with Crippen molar-refractivity contribution in [2.45, 2.75) is 31.3 Å². The van der Waals surface area contributed by atoms with Crippen molar-refractivity contribution in [2.75, 3.05) is 0 Å². The number of aryl methyl sites for hydroxylation is 1. The minimum absolute atomic E-state index is 0.0162. The normalized spacial score (nSPS) is 13.6. The van der Waals surface area contributed by atoms with Crippen LogP contribution in [0.15, 0.2) is 17.3 Å². The van der Waals surface area contributed by atoms with Crippen LogP contribution in [-0.2, 0) is 21.4 Å². The van der Waals surface area contributed by atoms with Crippen LogP contribution in [0, 0.1) is 0 Å². The number of rotatable bonds is 5. The van der Waals surface area contributed by atoms with Crippen LogP contribution in [0.5, 0.6) is 0 Å². The van der Waals surface area contributed by atoms with Gasteiger partial charge in [0.05, 0.1) is 12.2 Å². The molecule has 0 bridgehead atoms. The smallest absolute Gasteiger partial charge is 0.244 e. The van der Waals surface area contributed by atoms with Crippen LogP contribution in [0.25, 0.3) is 0 Å². The van der Waals surface area contributed by atoms with Crippen molar-refractivity contribution in [1.29, 1.82) is 0 Å². The predicted octanol–water partition coefficient (Wildman–Crippen LogP) is -0.945. The Hall–Kier alpha value is -1.41. The Labute approximate surface area is 93.7 Å². The lowest BCUT2D eigenvalue weighted by Crippen LogP contribution is -2.41. The third-order valence-corrected chi connectivity index (χ3v) is 3.50. The summed E-state index contributed by atoms with van der Waals surface area (Å²) in [5.74, 6) is -0.730. The first kappa shape index (κ1) is 12.7. The zero-order valence-corrected chi connectivity index (χ0v) is 9.86. The highest BCUT2D eigenvalue weighted by atomic mass is 32.2. The summed E-state index contributed by atoms with van der Waals surface area (Å²) >= 11 is 0. The average Bonchev–Trinajstić information content (AvgIpc) is 2.65. The SMILES string of the molecule is CCn1cc(S(=O)(=O)NC(C)C(N)=O)cn1. The van der Waals surface area contributed by atoms with E-state index in [2.05, 4.69) is 9.82 Å². The van der Waals surface area contributed by atoms with E-state index in [1.807, 2.05) is 6.92 Å². The molecule has 1 atom stereocenters. The summed E-state index contributed by atoms with van der Waals surface area (Å²) < 4.78 is 27.0. The number of sulfonamides is 1. The minimum Gasteiger partial charge on any atom is -0.368 e. The molecule has 8 heteroatoms. The molecule has 1 rings (SSSR count). The fourth-order valence-electron chi connectivity index (χ4n) is 1.02. The maximum atomic E-state index is 11.7. The molecule has 7 nitrogen and oxygen atoms in total. The summed E-state index contributed by atoms with van der Waals surface area (Å²) in [7, 11) is -3.73. The van der Waals surface area contributed by atoms with Gasteiger partial charge in [0.25, 0.3) is 0 Å². The monoisotopic (exact) mass is 246 g/mol. The fourth-order valence-corrected chi connectivity index (χ4v) is 2.18. The Morgan fingerprint density at radius 3 is 2.75 bits per heavy atom. The van der Waals surface area contributed by atoms with Crippen molar-refractivity contribution < 1.29 is 13.2 Å². The Kier molecular flexibility index (Phi) is 3.66. The Balaban J connectivity index is 2.90. The number of hydrogen-bond donors (Lipinski definition) is 2. The molecule has 0 aliphatic heterocycles. The molecule has 0 spiro atoms. The maximum Gasteiger partial charge on any atom is 0.244 e. The van der Waals surface area contributed by atoms with E-state index in [4.69, 9.17) is 5.73 Å². The van der Waals surface area contributed by atoms with Gasteiger partial charge in [0.1, 0.15) is 4.90 Å². The lowest BCUT2D eigenvalue weighted by molar-refractivity contribution is -0.119. The van der Waals surface area contributed by atoms with Crippen LogP contribution in [-0.4, -0.2) is 30.1 Å². The molecule has 1 heterocycles. The first-order valence-corrected chi connectivity index (χ1v) is 6.19. The van der Waals surface area contributed by atoms with Crippen molar-refractivity contribution in [3.05, 3.63) is 12.4 Å². The average molecular weight is 246 g/mol. The number of aromatic nitrogens is 2. The first-order chi connectivity index (χ1) is 7.36. The van der Waals surface area contributed by atoms with Crippen LogP contribution >= 0.6 is 0 Å². The number of nitrogens with zero attached hydrogens (tertiary/aromatic N) is 2. The molecule has 1 aromatic rings. The van der Waals surface area contributed by atoms with Crippen LogP contribution in [0.3, 0.4) is 0 Å². The molecular formula is C8H14N4O3S. The van der Waals surface area contributed by atoms with Gasteiger partial charge in [-0.3, -0.25) is 9.48 Å². The predicted molar refractivity (Wildman–Crippen MR) is 56.9 cm³/mol. The molecule has 0 radical (unpaired) electrons. The number of hydrogen-bond acceptors (Lipinski definition) is 4. The van der Waals surface area contributed by atoms with Gasteiger partial charge >= 0.3 is 0 Å². The largest absolute Gasteiger partial charge is 0.368 e. The zero-order valence-electron chi connectivity index (χ0n) is 9.04. The van der Waals surface area contributed by atoms with Gasteiger partial charge < -0.3 is 5.73 Å². The van der Waals surface area contributed by atoms with Crippen molar-refractivity contribution in [1.82, 2.24) is 14.5 Å². The number of nitrogens with one attached hydrogen (secondary N) is 1. The van der Waals surface area contributed by atoms with Crippen LogP contribution in [0.4, 0.5) is 0 Å². The molecule has 0 aromatic carbocycles. The van der Waals surface area contributed by atoms with Crippen LogP contribution in [0.2, 0.25) is 0 Å². The molecule has 1 aromatic heterocycles. The first-order valence-electron chi connectivity index (χ1n) is 4.71. The molecule has 0 fully saturated rings. The highest BCUT2D eigenvalue weighted by Crippen LogP contribution is 2.07. The lowest BCUT2D eigenvalue weighted by atomic mass is 10.4. The zero-order chi connectivity index (χ0) is 12.3. The number of amides is 1. The molecule has 0 aliphatic rings. The Morgan fingerprint density at radius 2 is 2.31 bits per heavy atom. The summed E-state index contributed by atoms with van der Waals surface area (Å²) in [6.07, 6.45) is 2.61. The van der Waals surface area contributed by atoms with E-state index >= 15 is 0 Å². The number of carbonyl (C=O) groups excluding carboxylic acids is 1. The van der Waals surface area contributed by atoms with Gasteiger partial charge in [0.15, 0.2) is 0 Å². The quantitative estimate of drug-likeness (QED) is 0.698. The maximum absolute atomic E-state index is 11.7. The van der Waals surface area contributed by atoms with E-state index in [0.717, 1.165) is 0 Å². The van der Waals surface area contributed by atoms with Crippen molar-refractivity contribution in [3.63, 3.8) is 0 Å². The highest BCUT2D eigenvalue weighted by molar-refractivity contribution is 7.89. The minimum atomic E-state index is -3.73. The molecule has 1 amide bonds. The number of carbonyl (C=O) groups is 1. The third-order valence-electron chi connectivity index (χ3n) is 2.00. The van der Waals surface area contributed by atoms with E-state index in [1.165, 1.54) is 24.0 Å². The molecule has 3 N–H and O–H groups in total. The van der Waals surface area contributed by atoms with E-state index in [1.54, 1.807) is 0 Å². The second-order valence-corrected chi connectivity index (χ2v) is 4.99. The lowest BCUT2D eigenvalue weighted by Gasteiger charge is -2.08. The summed E-state index contributed by atoms with van der Waals surface area (Å²) in [5, 5.41) is 3.83. The Bertz CT molecular complexity index is 479. The second-order valence-electron chi connectivity index (χ2n) is 3.28. The molecule has 0 saturated heterocycles. The molecule has 90 valence electrons. The van der Waals surface area contributed by atoms with E-state index in [-0.39, 0.29) is 4.90 Å². The van der Waals surface area contributed by atoms with Gasteiger partial charge in [-0.2, -0.15) is 9.82 Å². The van der Waals surface area contributed by atoms with Gasteiger partial charge in [-0.1, -0.05) is 0 Å². The van der Waals surface area contributed by atoms with Crippen molar-refractivity contribution in [2.24, 2.45) is 5.73 Å². The van der Waals surface area contributed by atoms with E-state index in [9.17, 15) is 13.2 Å². The molecular weight excluding hydrogens is 232 g/mol. The number of primary amides is 1. The standard InChI is InChI=1S/C8H14N4O3S/c1-3-12-5-7(4-10-12)16(14,15)11-6(2)8(9)13/h4-6,11H,3H2,1-2H3,(H2,9,13). The fraction of sp³-hybridized carbons (Fsp3) is 0.500. The summed E-state index contributed by atoms with van der Waals surface area (Å²) in [5.41, 5.74) is 4.97. The third kappa shape index (κ3) is 2.80. The second kappa shape index (κ2) is 4.62. The van der Waals surface area contributed by atoms with E-state index in [0.29, 0.717) is 6.54 Å². The molecule has 0 saturated carbocycles. The van der Waals surface area contributed by atoms with Gasteiger partial charge in [0, 0.05) is 12.7 Å². The topological polar surface area (TPSA) is 107 Å². The van der Waals surface area contributed by atoms with Gasteiger partial charge in [0.2, 0.25) is 15.9 Å². The van der Waals surface area contributed by atoms with Crippen LogP contribution in [0.1, 0.15) is 13.8 Å². The summed E-state index contributed by atoms with van der Waals surface area (Å²) in [6, 6.07) is -0.949. The summed E-state index contributed by atoms with van der Waals surface area (Å²) in [4.78, 5) is 10.8. The van der Waals surface area contributed by atoms with Crippen molar-refractivity contribution in [3.8, 4) is 0 Å². The molecule has 1 unspecified atom stereocenters. The number of nitrogens with two attached hydrogens (primary N) is 1. The molecule has 16 heavy (non-hydrogen) atoms. The van der Waals surface area contributed by atoms with E-state index < -0.39 is 22.0 Å². The van der Waals surface area contributed by atoms with Crippen molar-refractivity contribution >= 4 is 15.9 Å². The summed E-state index contributed by atoms with van der Waals surface area (Å²) in [6.45, 7) is 3.79. The Morgan fingerprint density at radius 1 is 1.69 bits per heavy atom. The van der Waals surface area contributed by atoms with Gasteiger partial charge in [-0.25, -0.2) is 8.42 Å². The molecule has 0 aliphatic carbocycles. The highest BCUT2D eigenvalue weighted by Gasteiger charge is 2.21. The van der Waals surface area contributed by atoms with Crippen LogP contribution < -0.4 is 10.5 Å².